The van der Waals surface area contributed by atoms with Crippen molar-refractivity contribution in [1.29, 1.82) is 0 Å². The van der Waals surface area contributed by atoms with Crippen molar-refractivity contribution >= 4 is 5.91 Å². The van der Waals surface area contributed by atoms with E-state index in [9.17, 15) is 9.90 Å². The Labute approximate surface area is 53.9 Å². The lowest BCUT2D eigenvalue weighted by Crippen LogP contribution is -2.41. The van der Waals surface area contributed by atoms with E-state index in [1.807, 2.05) is 0 Å². The molecule has 0 spiro atoms. The summed E-state index contributed by atoms with van der Waals surface area (Å²) in [7, 11) is 0. The number of carbonyl (C=O) groups is 1. The highest BCUT2D eigenvalue weighted by Crippen LogP contribution is 2.27. The number of aliphatic hydroxyl groups is 1. The Hall–Kier alpha value is -0.570. The fourth-order valence-electron chi connectivity index (χ4n) is 1.04. The molecular weight excluding hydrogens is 118 g/mol. The van der Waals surface area contributed by atoms with Crippen LogP contribution in [-0.4, -0.2) is 16.6 Å². The lowest BCUT2D eigenvalue weighted by atomic mass is 10.0. The Bertz CT molecular complexity index is 127. The van der Waals surface area contributed by atoms with Gasteiger partial charge >= 0.3 is 0 Å². The molecule has 0 bridgehead atoms. The summed E-state index contributed by atoms with van der Waals surface area (Å²) in [6.07, 6.45) is 3.72. The van der Waals surface area contributed by atoms with Gasteiger partial charge in [-0.15, -0.1) is 0 Å². The van der Waals surface area contributed by atoms with Crippen molar-refractivity contribution in [2.24, 2.45) is 5.73 Å². The summed E-state index contributed by atoms with van der Waals surface area (Å²) in [6.45, 7) is 0. The van der Waals surface area contributed by atoms with Crippen LogP contribution in [0.1, 0.15) is 19.3 Å². The first-order valence-corrected chi connectivity index (χ1v) is 3.02. The average molecular weight is 128 g/mol. The molecule has 3 N–H and O–H groups in total. The highest BCUT2D eigenvalue weighted by Gasteiger charge is 2.36. The highest BCUT2D eigenvalue weighted by molar-refractivity contribution is 5.85. The average Bonchev–Trinajstić information content (AvgIpc) is 2.16. The first-order chi connectivity index (χ1) is 4.15. The quantitative estimate of drug-likeness (QED) is 0.504. The van der Waals surface area contributed by atoms with Gasteiger partial charge < -0.3 is 10.8 Å². The Kier molecular flexibility index (Phi) is 1.45. The van der Waals surface area contributed by atoms with Gasteiger partial charge in [-0.25, -0.2) is 0 Å². The van der Waals surface area contributed by atoms with E-state index in [1.165, 1.54) is 0 Å². The van der Waals surface area contributed by atoms with E-state index in [4.69, 9.17) is 5.73 Å². The Morgan fingerprint density at radius 2 is 2.44 bits per heavy atom. The van der Waals surface area contributed by atoms with Gasteiger partial charge in [0, 0.05) is 6.42 Å². The summed E-state index contributed by atoms with van der Waals surface area (Å²) in [5.41, 5.74) is 3.62. The van der Waals surface area contributed by atoms with Gasteiger partial charge in [0.15, 0.2) is 0 Å². The monoisotopic (exact) mass is 128 g/mol. The number of carbonyl (C=O) groups excluding carboxylic acids is 1. The maximum absolute atomic E-state index is 10.5. The Morgan fingerprint density at radius 1 is 1.78 bits per heavy atom. The summed E-state index contributed by atoms with van der Waals surface area (Å²) in [5, 5.41) is 9.24. The standard InChI is InChI=1S/C6H10NO2/c7-5(8)6(9)3-1-2-4-6/h3,9H,1-2,4H2,(H2,7,8)/t6-/m0/s1. The third-order valence-electron chi connectivity index (χ3n) is 1.67. The summed E-state index contributed by atoms with van der Waals surface area (Å²) in [6, 6.07) is 0. The zero-order valence-electron chi connectivity index (χ0n) is 5.13. The van der Waals surface area contributed by atoms with E-state index in [0.717, 1.165) is 12.8 Å². The lowest BCUT2D eigenvalue weighted by molar-refractivity contribution is -0.132. The van der Waals surface area contributed by atoms with Crippen LogP contribution < -0.4 is 5.73 Å². The molecule has 9 heavy (non-hydrogen) atoms. The van der Waals surface area contributed by atoms with E-state index >= 15 is 0 Å². The summed E-state index contributed by atoms with van der Waals surface area (Å²) in [4.78, 5) is 10.5. The Balaban J connectivity index is 2.61. The predicted molar refractivity (Wildman–Crippen MR) is 32.3 cm³/mol. The zero-order valence-corrected chi connectivity index (χ0v) is 5.13. The van der Waals surface area contributed by atoms with E-state index in [2.05, 4.69) is 0 Å². The first-order valence-electron chi connectivity index (χ1n) is 3.02. The summed E-state index contributed by atoms with van der Waals surface area (Å²) in [5.74, 6) is -0.625. The number of rotatable bonds is 1. The van der Waals surface area contributed by atoms with Crippen molar-refractivity contribution in [2.45, 2.75) is 24.9 Å². The molecule has 1 amide bonds. The van der Waals surface area contributed by atoms with Crippen molar-refractivity contribution in [3.8, 4) is 0 Å². The van der Waals surface area contributed by atoms with Crippen LogP contribution >= 0.6 is 0 Å². The Morgan fingerprint density at radius 3 is 2.67 bits per heavy atom. The number of nitrogens with two attached hydrogens (primary N) is 1. The van der Waals surface area contributed by atoms with Crippen molar-refractivity contribution in [2.75, 3.05) is 0 Å². The lowest BCUT2D eigenvalue weighted by Gasteiger charge is -2.15. The molecule has 1 radical (unpaired) electrons. The molecule has 1 aliphatic rings. The first kappa shape index (κ1) is 6.55. The number of primary amides is 1. The fourth-order valence-corrected chi connectivity index (χ4v) is 1.04. The minimum absolute atomic E-state index is 0.488. The molecule has 3 heteroatoms. The molecule has 0 aliphatic heterocycles. The maximum atomic E-state index is 10.5. The molecule has 0 heterocycles. The van der Waals surface area contributed by atoms with Crippen molar-refractivity contribution in [3.63, 3.8) is 0 Å². The third kappa shape index (κ3) is 1.05. The largest absolute Gasteiger partial charge is 0.380 e. The highest BCUT2D eigenvalue weighted by atomic mass is 16.3. The van der Waals surface area contributed by atoms with Crippen molar-refractivity contribution in [3.05, 3.63) is 6.42 Å². The molecule has 1 rings (SSSR count). The molecule has 1 saturated carbocycles. The second-order valence-electron chi connectivity index (χ2n) is 2.38. The molecular formula is C6H10NO2. The minimum atomic E-state index is -1.29. The van der Waals surface area contributed by atoms with Crippen LogP contribution in [0.4, 0.5) is 0 Å². The van der Waals surface area contributed by atoms with Crippen molar-refractivity contribution < 1.29 is 9.90 Å². The van der Waals surface area contributed by atoms with Crippen LogP contribution in [-0.2, 0) is 4.79 Å². The molecule has 0 saturated heterocycles. The zero-order chi connectivity index (χ0) is 6.91. The molecule has 1 atom stereocenters. The van der Waals surface area contributed by atoms with Gasteiger partial charge in [0.1, 0.15) is 5.60 Å². The van der Waals surface area contributed by atoms with Gasteiger partial charge in [0.2, 0.25) is 5.91 Å². The summed E-state index contributed by atoms with van der Waals surface area (Å²) >= 11 is 0. The van der Waals surface area contributed by atoms with E-state index < -0.39 is 11.5 Å². The van der Waals surface area contributed by atoms with Gasteiger partial charge in [-0.05, 0) is 19.3 Å². The van der Waals surface area contributed by atoms with Crippen LogP contribution in [0.2, 0.25) is 0 Å². The maximum Gasteiger partial charge on any atom is 0.249 e. The van der Waals surface area contributed by atoms with E-state index in [-0.39, 0.29) is 0 Å². The van der Waals surface area contributed by atoms with Crippen LogP contribution in [0.5, 0.6) is 0 Å². The van der Waals surface area contributed by atoms with Gasteiger partial charge in [-0.2, -0.15) is 0 Å². The van der Waals surface area contributed by atoms with Crippen LogP contribution in [0.3, 0.4) is 0 Å². The number of hydrogen-bond acceptors (Lipinski definition) is 2. The smallest absolute Gasteiger partial charge is 0.249 e. The third-order valence-corrected chi connectivity index (χ3v) is 1.67. The van der Waals surface area contributed by atoms with E-state index in [1.54, 1.807) is 6.42 Å². The van der Waals surface area contributed by atoms with Gasteiger partial charge in [-0.1, -0.05) is 0 Å². The number of amides is 1. The molecule has 51 valence electrons. The normalized spacial score (nSPS) is 24.1. The molecule has 0 aromatic heterocycles. The predicted octanol–water partition coefficient (Wildman–Crippen LogP) is -0.409. The van der Waals surface area contributed by atoms with Crippen molar-refractivity contribution in [1.82, 2.24) is 0 Å². The molecule has 3 nitrogen and oxygen atoms in total. The molecule has 1 fully saturated rings. The topological polar surface area (TPSA) is 63.3 Å². The second-order valence-corrected chi connectivity index (χ2v) is 2.38. The SMILES string of the molecule is NC(=O)[C@]1(O)[CH]CCC1. The summed E-state index contributed by atoms with van der Waals surface area (Å²) < 4.78 is 0. The van der Waals surface area contributed by atoms with Crippen LogP contribution in [0.15, 0.2) is 0 Å². The second kappa shape index (κ2) is 1.99. The van der Waals surface area contributed by atoms with Gasteiger partial charge in [-0.3, -0.25) is 4.79 Å². The van der Waals surface area contributed by atoms with E-state index in [0.29, 0.717) is 6.42 Å². The molecule has 0 aromatic carbocycles. The number of hydrogen-bond donors (Lipinski definition) is 2. The molecule has 1 aliphatic carbocycles. The van der Waals surface area contributed by atoms with Crippen LogP contribution in [0, 0.1) is 6.42 Å². The van der Waals surface area contributed by atoms with Gasteiger partial charge in [0.25, 0.3) is 0 Å². The molecule has 0 aromatic rings. The van der Waals surface area contributed by atoms with Crippen LogP contribution in [0.25, 0.3) is 0 Å². The fraction of sp³-hybridized carbons (Fsp3) is 0.667. The van der Waals surface area contributed by atoms with Gasteiger partial charge in [0.05, 0.1) is 0 Å². The molecule has 0 unspecified atom stereocenters. The minimum Gasteiger partial charge on any atom is -0.380 e.